The first-order chi connectivity index (χ1) is 10.3. The molecule has 5 heteroatoms. The lowest BCUT2D eigenvalue weighted by Crippen LogP contribution is -2.31. The summed E-state index contributed by atoms with van der Waals surface area (Å²) in [5.41, 5.74) is 1.71. The number of benzene rings is 1. The van der Waals surface area contributed by atoms with E-state index in [0.717, 1.165) is 30.9 Å². The first-order valence-electron chi connectivity index (χ1n) is 7.19. The number of nitrogens with zero attached hydrogens (tertiary/aromatic N) is 1. The van der Waals surface area contributed by atoms with E-state index in [1.54, 1.807) is 0 Å². The van der Waals surface area contributed by atoms with Gasteiger partial charge in [0.15, 0.2) is 0 Å². The lowest BCUT2D eigenvalue weighted by molar-refractivity contribution is 0.0854. The Kier molecular flexibility index (Phi) is 4.62. The summed E-state index contributed by atoms with van der Waals surface area (Å²) in [5, 5.41) is 5.68. The molecule has 1 saturated heterocycles. The van der Waals surface area contributed by atoms with Gasteiger partial charge < -0.3 is 10.1 Å². The van der Waals surface area contributed by atoms with Gasteiger partial charge in [0.25, 0.3) is 5.91 Å². The van der Waals surface area contributed by atoms with E-state index in [4.69, 9.17) is 4.74 Å². The quantitative estimate of drug-likeness (QED) is 0.924. The highest BCUT2D eigenvalue weighted by Crippen LogP contribution is 2.15. The minimum atomic E-state index is -0.110. The van der Waals surface area contributed by atoms with E-state index in [0.29, 0.717) is 12.2 Å². The molecular weight excluding hydrogens is 284 g/mol. The maximum Gasteiger partial charge on any atom is 0.270 e. The number of nitrogens with one attached hydrogen (secondary N) is 1. The second-order valence-corrected chi connectivity index (χ2v) is 6.08. The molecule has 0 radical (unpaired) electrons. The molecule has 1 N–H and O–H groups in total. The molecule has 1 aliphatic heterocycles. The SMILES string of the molecule is O=C(NCC1CCCO1)c1csc(Cc2ccccc2)n1. The van der Waals surface area contributed by atoms with Crippen molar-refractivity contribution in [1.29, 1.82) is 0 Å². The van der Waals surface area contributed by atoms with Crippen LogP contribution in [0.5, 0.6) is 0 Å². The van der Waals surface area contributed by atoms with Crippen molar-refractivity contribution in [3.8, 4) is 0 Å². The zero-order valence-electron chi connectivity index (χ0n) is 11.7. The van der Waals surface area contributed by atoms with Crippen molar-refractivity contribution >= 4 is 17.2 Å². The van der Waals surface area contributed by atoms with Crippen LogP contribution in [-0.2, 0) is 11.2 Å². The van der Waals surface area contributed by atoms with E-state index < -0.39 is 0 Å². The van der Waals surface area contributed by atoms with Gasteiger partial charge in [-0.05, 0) is 18.4 Å². The maximum absolute atomic E-state index is 12.0. The van der Waals surface area contributed by atoms with Crippen molar-refractivity contribution in [2.24, 2.45) is 0 Å². The number of hydrogen-bond acceptors (Lipinski definition) is 4. The van der Waals surface area contributed by atoms with E-state index >= 15 is 0 Å². The molecule has 1 atom stereocenters. The Balaban J connectivity index is 1.55. The number of thiazole rings is 1. The molecule has 1 fully saturated rings. The van der Waals surface area contributed by atoms with Gasteiger partial charge in [-0.15, -0.1) is 11.3 Å². The number of ether oxygens (including phenoxy) is 1. The smallest absolute Gasteiger partial charge is 0.270 e. The van der Waals surface area contributed by atoms with Crippen molar-refractivity contribution in [3.05, 3.63) is 52.0 Å². The molecule has 110 valence electrons. The Morgan fingerprint density at radius 1 is 1.38 bits per heavy atom. The molecule has 21 heavy (non-hydrogen) atoms. The number of carbonyl (C=O) groups excluding carboxylic acids is 1. The third-order valence-electron chi connectivity index (χ3n) is 3.50. The molecule has 1 aromatic heterocycles. The zero-order valence-corrected chi connectivity index (χ0v) is 12.6. The van der Waals surface area contributed by atoms with E-state index in [2.05, 4.69) is 22.4 Å². The summed E-state index contributed by atoms with van der Waals surface area (Å²) in [6, 6.07) is 10.2. The van der Waals surface area contributed by atoms with Crippen LogP contribution in [0.2, 0.25) is 0 Å². The first kappa shape index (κ1) is 14.2. The lowest BCUT2D eigenvalue weighted by Gasteiger charge is -2.09. The van der Waals surface area contributed by atoms with Crippen molar-refractivity contribution in [2.45, 2.75) is 25.4 Å². The first-order valence-corrected chi connectivity index (χ1v) is 8.07. The minimum absolute atomic E-state index is 0.110. The van der Waals surface area contributed by atoms with Crippen molar-refractivity contribution in [3.63, 3.8) is 0 Å². The Morgan fingerprint density at radius 3 is 3.00 bits per heavy atom. The zero-order chi connectivity index (χ0) is 14.5. The average molecular weight is 302 g/mol. The monoisotopic (exact) mass is 302 g/mol. The van der Waals surface area contributed by atoms with E-state index in [9.17, 15) is 4.79 Å². The Bertz CT molecular complexity index is 591. The van der Waals surface area contributed by atoms with Crippen LogP contribution < -0.4 is 5.32 Å². The summed E-state index contributed by atoms with van der Waals surface area (Å²) in [7, 11) is 0. The van der Waals surface area contributed by atoms with Crippen molar-refractivity contribution in [1.82, 2.24) is 10.3 Å². The highest BCUT2D eigenvalue weighted by molar-refractivity contribution is 7.09. The van der Waals surface area contributed by atoms with Crippen molar-refractivity contribution < 1.29 is 9.53 Å². The Labute approximate surface area is 128 Å². The van der Waals surface area contributed by atoms with Gasteiger partial charge in [0, 0.05) is 25.0 Å². The van der Waals surface area contributed by atoms with Gasteiger partial charge in [0.2, 0.25) is 0 Å². The predicted octanol–water partition coefficient (Wildman–Crippen LogP) is 2.64. The van der Waals surface area contributed by atoms with Gasteiger partial charge in [0.1, 0.15) is 5.69 Å². The molecule has 2 aromatic rings. The molecule has 1 amide bonds. The molecule has 0 saturated carbocycles. The molecule has 3 rings (SSSR count). The third-order valence-corrected chi connectivity index (χ3v) is 4.35. The number of aromatic nitrogens is 1. The number of amides is 1. The second-order valence-electron chi connectivity index (χ2n) is 5.13. The number of rotatable bonds is 5. The van der Waals surface area contributed by atoms with Gasteiger partial charge in [-0.2, -0.15) is 0 Å². The molecule has 0 spiro atoms. The molecule has 1 aliphatic rings. The molecular formula is C16H18N2O2S. The molecule has 4 nitrogen and oxygen atoms in total. The van der Waals surface area contributed by atoms with E-state index in [1.807, 2.05) is 23.6 Å². The standard InChI is InChI=1S/C16H18N2O2S/c19-16(17-10-13-7-4-8-20-13)14-11-21-15(18-14)9-12-5-2-1-3-6-12/h1-3,5-6,11,13H,4,7-10H2,(H,17,19). The van der Waals surface area contributed by atoms with Crippen LogP contribution >= 0.6 is 11.3 Å². The fourth-order valence-corrected chi connectivity index (χ4v) is 3.18. The van der Waals surface area contributed by atoms with Crippen LogP contribution in [0.4, 0.5) is 0 Å². The summed E-state index contributed by atoms with van der Waals surface area (Å²) in [6.07, 6.45) is 3.04. The van der Waals surface area contributed by atoms with Crippen LogP contribution in [0, 0.1) is 0 Å². The second kappa shape index (κ2) is 6.83. The summed E-state index contributed by atoms with van der Waals surface area (Å²) in [5.74, 6) is -0.110. The lowest BCUT2D eigenvalue weighted by atomic mass is 10.2. The third kappa shape index (κ3) is 3.89. The molecule has 1 unspecified atom stereocenters. The number of carbonyl (C=O) groups is 1. The fraction of sp³-hybridized carbons (Fsp3) is 0.375. The van der Waals surface area contributed by atoms with Crippen LogP contribution in [0.25, 0.3) is 0 Å². The summed E-state index contributed by atoms with van der Waals surface area (Å²) in [6.45, 7) is 1.38. The van der Waals surface area contributed by atoms with E-state index in [1.165, 1.54) is 16.9 Å². The fourth-order valence-electron chi connectivity index (χ4n) is 2.37. The Morgan fingerprint density at radius 2 is 2.24 bits per heavy atom. The van der Waals surface area contributed by atoms with Crippen LogP contribution in [-0.4, -0.2) is 30.1 Å². The molecule has 1 aromatic carbocycles. The van der Waals surface area contributed by atoms with E-state index in [-0.39, 0.29) is 12.0 Å². The van der Waals surface area contributed by atoms with Crippen LogP contribution in [0.1, 0.15) is 33.9 Å². The highest BCUT2D eigenvalue weighted by Gasteiger charge is 2.17. The van der Waals surface area contributed by atoms with Gasteiger partial charge >= 0.3 is 0 Å². The maximum atomic E-state index is 12.0. The summed E-state index contributed by atoms with van der Waals surface area (Å²) >= 11 is 1.53. The predicted molar refractivity (Wildman–Crippen MR) is 82.7 cm³/mol. The highest BCUT2D eigenvalue weighted by atomic mass is 32.1. The van der Waals surface area contributed by atoms with Crippen molar-refractivity contribution in [2.75, 3.05) is 13.2 Å². The molecule has 0 bridgehead atoms. The van der Waals surface area contributed by atoms with Crippen LogP contribution in [0.15, 0.2) is 35.7 Å². The largest absolute Gasteiger partial charge is 0.376 e. The Hall–Kier alpha value is -1.72. The number of hydrogen-bond donors (Lipinski definition) is 1. The van der Waals surface area contributed by atoms with Gasteiger partial charge in [0.05, 0.1) is 11.1 Å². The normalized spacial score (nSPS) is 17.8. The molecule has 2 heterocycles. The van der Waals surface area contributed by atoms with Gasteiger partial charge in [-0.3, -0.25) is 4.79 Å². The van der Waals surface area contributed by atoms with Gasteiger partial charge in [-0.25, -0.2) is 4.98 Å². The average Bonchev–Trinajstić information content (AvgIpc) is 3.17. The van der Waals surface area contributed by atoms with Gasteiger partial charge in [-0.1, -0.05) is 30.3 Å². The topological polar surface area (TPSA) is 51.2 Å². The van der Waals surface area contributed by atoms with Crippen LogP contribution in [0.3, 0.4) is 0 Å². The summed E-state index contributed by atoms with van der Waals surface area (Å²) in [4.78, 5) is 16.5. The molecule has 0 aliphatic carbocycles. The minimum Gasteiger partial charge on any atom is -0.376 e. The summed E-state index contributed by atoms with van der Waals surface area (Å²) < 4.78 is 5.49.